The molecule has 1 amide bonds. The number of nitrogens with one attached hydrogen (secondary N) is 2. The summed E-state index contributed by atoms with van der Waals surface area (Å²) in [5.41, 5.74) is 3.03. The molecule has 2 unspecified atom stereocenters. The number of nitriles is 1. The quantitative estimate of drug-likeness (QED) is 0.337. The number of aromatic nitrogens is 2. The van der Waals surface area contributed by atoms with Crippen LogP contribution in [-0.4, -0.2) is 29.0 Å². The SMILES string of the molecule is N#CC1C(=O)Nc2nc(N3CCC(Cc4ccccc4)CC3)[nH]c(=O)c2C1c1ccc(OCc2ccccc2)cc1. The van der Waals surface area contributed by atoms with Gasteiger partial charge in [-0.25, -0.2) is 0 Å². The second-order valence-electron chi connectivity index (χ2n) is 10.7. The van der Waals surface area contributed by atoms with Gasteiger partial charge >= 0.3 is 0 Å². The highest BCUT2D eigenvalue weighted by molar-refractivity contribution is 5.98. The molecule has 3 aromatic carbocycles. The largest absolute Gasteiger partial charge is 0.489 e. The van der Waals surface area contributed by atoms with E-state index in [4.69, 9.17) is 4.74 Å². The summed E-state index contributed by atoms with van der Waals surface area (Å²) in [6.45, 7) is 1.95. The molecular weight excluding hydrogens is 514 g/mol. The maximum atomic E-state index is 13.5. The van der Waals surface area contributed by atoms with Gasteiger partial charge in [-0.15, -0.1) is 0 Å². The fraction of sp³-hybridized carbons (Fsp3) is 0.273. The van der Waals surface area contributed by atoms with Crippen LogP contribution < -0.4 is 20.5 Å². The number of nitrogens with zero attached hydrogens (tertiary/aromatic N) is 3. The van der Waals surface area contributed by atoms with Gasteiger partial charge in [-0.1, -0.05) is 72.8 Å². The zero-order chi connectivity index (χ0) is 28.2. The molecule has 0 radical (unpaired) electrons. The lowest BCUT2D eigenvalue weighted by atomic mass is 9.79. The van der Waals surface area contributed by atoms with E-state index in [1.165, 1.54) is 5.56 Å². The minimum atomic E-state index is -1.05. The van der Waals surface area contributed by atoms with Crippen molar-refractivity contribution >= 4 is 17.7 Å². The van der Waals surface area contributed by atoms with Gasteiger partial charge in [0.05, 0.1) is 11.6 Å². The Morgan fingerprint density at radius 2 is 1.56 bits per heavy atom. The Labute approximate surface area is 238 Å². The van der Waals surface area contributed by atoms with E-state index in [9.17, 15) is 14.9 Å². The van der Waals surface area contributed by atoms with Crippen molar-refractivity contribution < 1.29 is 9.53 Å². The Morgan fingerprint density at radius 3 is 2.22 bits per heavy atom. The van der Waals surface area contributed by atoms with Gasteiger partial charge in [0.1, 0.15) is 24.1 Å². The van der Waals surface area contributed by atoms with E-state index in [-0.39, 0.29) is 11.4 Å². The number of rotatable bonds is 7. The number of ether oxygens (including phenoxy) is 1. The fourth-order valence-corrected chi connectivity index (χ4v) is 5.82. The summed E-state index contributed by atoms with van der Waals surface area (Å²) in [5.74, 6) is -0.357. The molecule has 2 N–H and O–H groups in total. The van der Waals surface area contributed by atoms with Crippen molar-refractivity contribution in [1.29, 1.82) is 5.26 Å². The molecule has 206 valence electrons. The van der Waals surface area contributed by atoms with Crippen molar-refractivity contribution in [3.05, 3.63) is 118 Å². The molecule has 6 rings (SSSR count). The number of carbonyl (C=O) groups is 1. The monoisotopic (exact) mass is 545 g/mol. The predicted molar refractivity (Wildman–Crippen MR) is 157 cm³/mol. The normalized spacial score (nSPS) is 18.7. The van der Waals surface area contributed by atoms with Gasteiger partial charge in [0.2, 0.25) is 11.9 Å². The molecule has 2 aliphatic heterocycles. The second-order valence-corrected chi connectivity index (χ2v) is 10.7. The van der Waals surface area contributed by atoms with Crippen molar-refractivity contribution in [2.45, 2.75) is 31.8 Å². The van der Waals surface area contributed by atoms with Crippen LogP contribution in [0, 0.1) is 23.2 Å². The van der Waals surface area contributed by atoms with E-state index in [1.54, 1.807) is 12.1 Å². The van der Waals surface area contributed by atoms with Gasteiger partial charge in [-0.05, 0) is 54.0 Å². The molecule has 2 aliphatic rings. The lowest BCUT2D eigenvalue weighted by Gasteiger charge is -2.34. The first-order valence-electron chi connectivity index (χ1n) is 14.0. The number of fused-ring (bicyclic) bond motifs is 1. The van der Waals surface area contributed by atoms with E-state index in [1.807, 2.05) is 48.5 Å². The van der Waals surface area contributed by atoms with Crippen molar-refractivity contribution in [1.82, 2.24) is 9.97 Å². The van der Waals surface area contributed by atoms with Crippen LogP contribution in [0.3, 0.4) is 0 Å². The summed E-state index contributed by atoms with van der Waals surface area (Å²) in [7, 11) is 0. The van der Waals surface area contributed by atoms with Crippen LogP contribution >= 0.6 is 0 Å². The van der Waals surface area contributed by atoms with E-state index >= 15 is 0 Å². The van der Waals surface area contributed by atoms with Crippen molar-refractivity contribution in [2.24, 2.45) is 11.8 Å². The standard InChI is InChI=1S/C33H31N5O3/c34-20-27-28(25-11-13-26(14-12-25)41-21-24-9-5-2-6-10-24)29-30(35-31(27)39)36-33(37-32(29)40)38-17-15-23(16-18-38)19-22-7-3-1-4-8-22/h1-14,23,27-28H,15-19,21H2,(H2,35,36,37,39,40). The lowest BCUT2D eigenvalue weighted by molar-refractivity contribution is -0.119. The lowest BCUT2D eigenvalue weighted by Crippen LogP contribution is -2.41. The van der Waals surface area contributed by atoms with Crippen LogP contribution in [0.15, 0.2) is 89.7 Å². The van der Waals surface area contributed by atoms with Gasteiger partial charge in [-0.2, -0.15) is 10.2 Å². The summed E-state index contributed by atoms with van der Waals surface area (Å²) in [6, 6.07) is 29.7. The van der Waals surface area contributed by atoms with E-state index in [0.717, 1.165) is 37.9 Å². The first-order chi connectivity index (χ1) is 20.1. The molecule has 41 heavy (non-hydrogen) atoms. The third kappa shape index (κ3) is 5.71. The zero-order valence-corrected chi connectivity index (χ0v) is 22.6. The third-order valence-electron chi connectivity index (χ3n) is 8.02. The Bertz CT molecular complexity index is 1610. The maximum Gasteiger partial charge on any atom is 0.258 e. The number of hydrogen-bond donors (Lipinski definition) is 2. The molecule has 3 heterocycles. The van der Waals surface area contributed by atoms with Gasteiger partial charge in [0.15, 0.2) is 0 Å². The summed E-state index contributed by atoms with van der Waals surface area (Å²) >= 11 is 0. The molecule has 8 heteroatoms. The molecule has 0 aliphatic carbocycles. The number of benzene rings is 3. The highest BCUT2D eigenvalue weighted by Gasteiger charge is 2.40. The third-order valence-corrected chi connectivity index (χ3v) is 8.02. The van der Waals surface area contributed by atoms with E-state index in [0.29, 0.717) is 35.3 Å². The zero-order valence-electron chi connectivity index (χ0n) is 22.6. The summed E-state index contributed by atoms with van der Waals surface area (Å²) in [6.07, 6.45) is 3.01. The number of piperidine rings is 1. The molecule has 0 saturated carbocycles. The molecule has 0 bridgehead atoms. The highest BCUT2D eigenvalue weighted by Crippen LogP contribution is 2.39. The molecular formula is C33H31N5O3. The average Bonchev–Trinajstić information content (AvgIpc) is 3.01. The molecule has 1 saturated heterocycles. The van der Waals surface area contributed by atoms with E-state index < -0.39 is 17.7 Å². The van der Waals surface area contributed by atoms with Crippen molar-refractivity contribution in [3.63, 3.8) is 0 Å². The van der Waals surface area contributed by atoms with Gasteiger partial charge in [-0.3, -0.25) is 14.6 Å². The number of hydrogen-bond acceptors (Lipinski definition) is 6. The molecule has 8 nitrogen and oxygen atoms in total. The molecule has 1 aromatic heterocycles. The van der Waals surface area contributed by atoms with Crippen LogP contribution in [0.4, 0.5) is 11.8 Å². The Morgan fingerprint density at radius 1 is 0.902 bits per heavy atom. The van der Waals surface area contributed by atoms with Crippen LogP contribution in [0.2, 0.25) is 0 Å². The Kier molecular flexibility index (Phi) is 7.50. The van der Waals surface area contributed by atoms with Gasteiger partial charge in [0, 0.05) is 19.0 Å². The van der Waals surface area contributed by atoms with Gasteiger partial charge < -0.3 is 15.0 Å². The topological polar surface area (TPSA) is 111 Å². The number of anilines is 2. The van der Waals surface area contributed by atoms with Gasteiger partial charge in [0.25, 0.3) is 5.56 Å². The van der Waals surface area contributed by atoms with Crippen LogP contribution in [0.25, 0.3) is 0 Å². The molecule has 2 atom stereocenters. The van der Waals surface area contributed by atoms with Crippen molar-refractivity contribution in [3.8, 4) is 11.8 Å². The summed E-state index contributed by atoms with van der Waals surface area (Å²) in [4.78, 5) is 36.2. The fourth-order valence-electron chi connectivity index (χ4n) is 5.82. The number of amides is 1. The highest BCUT2D eigenvalue weighted by atomic mass is 16.5. The molecule has 4 aromatic rings. The van der Waals surface area contributed by atoms with Crippen LogP contribution in [-0.2, 0) is 17.8 Å². The first kappa shape index (κ1) is 26.3. The maximum absolute atomic E-state index is 13.5. The van der Waals surface area contributed by atoms with Crippen molar-refractivity contribution in [2.75, 3.05) is 23.3 Å². The second kappa shape index (κ2) is 11.7. The molecule has 1 fully saturated rings. The Hall–Kier alpha value is -4.90. The number of aromatic amines is 1. The summed E-state index contributed by atoms with van der Waals surface area (Å²) in [5, 5.41) is 12.6. The summed E-state index contributed by atoms with van der Waals surface area (Å²) < 4.78 is 5.90. The van der Waals surface area contributed by atoms with Crippen LogP contribution in [0.1, 0.15) is 41.0 Å². The number of carbonyl (C=O) groups excluding carboxylic acids is 1. The molecule has 0 spiro atoms. The Balaban J connectivity index is 1.21. The van der Waals surface area contributed by atoms with E-state index in [2.05, 4.69) is 50.5 Å². The average molecular weight is 546 g/mol. The van der Waals surface area contributed by atoms with Crippen LogP contribution in [0.5, 0.6) is 5.75 Å². The minimum absolute atomic E-state index is 0.223. The number of H-pyrrole nitrogens is 1. The minimum Gasteiger partial charge on any atom is -0.489 e. The predicted octanol–water partition coefficient (Wildman–Crippen LogP) is 5.03. The smallest absolute Gasteiger partial charge is 0.258 e. The first-order valence-corrected chi connectivity index (χ1v) is 14.0.